The van der Waals surface area contributed by atoms with Crippen LogP contribution in [-0.4, -0.2) is 35.4 Å². The molecule has 0 aromatic heterocycles. The number of carbonyl (C=O) groups is 2. The highest BCUT2D eigenvalue weighted by Crippen LogP contribution is 2.22. The lowest BCUT2D eigenvalue weighted by Crippen LogP contribution is -2.53. The first kappa shape index (κ1) is 26.5. The maximum atomic E-state index is 13.8. The third kappa shape index (κ3) is 7.22. The number of carbonyl (C=O) groups excluding carboxylic acids is 2. The highest BCUT2D eigenvalue weighted by Gasteiger charge is 2.32. The van der Waals surface area contributed by atoms with E-state index in [1.165, 1.54) is 0 Å². The van der Waals surface area contributed by atoms with Gasteiger partial charge in [0.15, 0.2) is 6.61 Å². The zero-order valence-corrected chi connectivity index (χ0v) is 22.2. The molecule has 37 heavy (non-hydrogen) atoms. The Balaban J connectivity index is 1.63. The van der Waals surface area contributed by atoms with Crippen molar-refractivity contribution in [1.82, 2.24) is 10.2 Å². The first-order valence-corrected chi connectivity index (χ1v) is 13.3. The summed E-state index contributed by atoms with van der Waals surface area (Å²) >= 11 is 0. The van der Waals surface area contributed by atoms with Crippen molar-refractivity contribution in [2.75, 3.05) is 6.61 Å². The van der Waals surface area contributed by atoms with Crippen LogP contribution in [0.5, 0.6) is 5.75 Å². The van der Waals surface area contributed by atoms with Crippen molar-refractivity contribution in [1.29, 1.82) is 0 Å². The van der Waals surface area contributed by atoms with Gasteiger partial charge in [0.1, 0.15) is 11.8 Å². The van der Waals surface area contributed by atoms with E-state index in [-0.39, 0.29) is 24.5 Å². The minimum atomic E-state index is -0.641. The fourth-order valence-electron chi connectivity index (χ4n) is 5.08. The Morgan fingerprint density at radius 3 is 2.32 bits per heavy atom. The van der Waals surface area contributed by atoms with Crippen LogP contribution in [0, 0.1) is 20.8 Å². The molecule has 1 N–H and O–H groups in total. The summed E-state index contributed by atoms with van der Waals surface area (Å²) < 4.78 is 5.99. The lowest BCUT2D eigenvalue weighted by Gasteiger charge is -2.32. The highest BCUT2D eigenvalue weighted by molar-refractivity contribution is 5.88. The number of amides is 2. The van der Waals surface area contributed by atoms with Gasteiger partial charge in [0.25, 0.3) is 5.91 Å². The SMILES string of the molecule is Cc1ccc(OCC(=O)N(Cc2ccccc2C)[C@@H](Cc2ccccc2)C(=O)NC2CCCC2)c(C)c1. The van der Waals surface area contributed by atoms with Crippen LogP contribution in [0.3, 0.4) is 0 Å². The van der Waals surface area contributed by atoms with E-state index in [2.05, 4.69) is 5.32 Å². The number of ether oxygens (including phenoxy) is 1. The van der Waals surface area contributed by atoms with Crippen molar-refractivity contribution in [3.05, 3.63) is 101 Å². The van der Waals surface area contributed by atoms with E-state index >= 15 is 0 Å². The van der Waals surface area contributed by atoms with Gasteiger partial charge in [-0.3, -0.25) is 9.59 Å². The Bertz CT molecular complexity index is 1200. The maximum absolute atomic E-state index is 13.8. The Morgan fingerprint density at radius 1 is 0.919 bits per heavy atom. The van der Waals surface area contributed by atoms with Crippen LogP contribution >= 0.6 is 0 Å². The highest BCUT2D eigenvalue weighted by atomic mass is 16.5. The second-order valence-corrected chi connectivity index (χ2v) is 10.2. The molecular formula is C32H38N2O3. The number of aryl methyl sites for hydroxylation is 3. The molecule has 1 fully saturated rings. The number of nitrogens with one attached hydrogen (secondary N) is 1. The standard InChI is InChI=1S/C32H38N2O3/c1-23-17-18-30(25(3)19-23)37-22-31(35)34(21-27-14-8-7-11-24(27)2)29(20-26-12-5-4-6-13-26)32(36)33-28-15-9-10-16-28/h4-8,11-14,17-19,28-29H,9-10,15-16,20-22H2,1-3H3,(H,33,36)/t29-/m0/s1. The van der Waals surface area contributed by atoms with E-state index in [0.29, 0.717) is 18.7 Å². The van der Waals surface area contributed by atoms with Gasteiger partial charge >= 0.3 is 0 Å². The van der Waals surface area contributed by atoms with Crippen LogP contribution in [0.4, 0.5) is 0 Å². The van der Waals surface area contributed by atoms with Crippen LogP contribution in [-0.2, 0) is 22.6 Å². The van der Waals surface area contributed by atoms with Gasteiger partial charge in [-0.05, 0) is 61.9 Å². The minimum Gasteiger partial charge on any atom is -0.483 e. The van der Waals surface area contributed by atoms with E-state index in [9.17, 15) is 9.59 Å². The molecule has 0 saturated heterocycles. The summed E-state index contributed by atoms with van der Waals surface area (Å²) in [7, 11) is 0. The molecule has 0 unspecified atom stereocenters. The van der Waals surface area contributed by atoms with Gasteiger partial charge in [-0.1, -0.05) is 85.1 Å². The molecule has 2 amide bonds. The molecular weight excluding hydrogens is 460 g/mol. The Morgan fingerprint density at radius 2 is 1.62 bits per heavy atom. The Kier molecular flexibility index (Phi) is 8.99. The molecule has 0 radical (unpaired) electrons. The van der Waals surface area contributed by atoms with Gasteiger partial charge in [0.05, 0.1) is 0 Å². The van der Waals surface area contributed by atoms with Crippen molar-refractivity contribution in [2.24, 2.45) is 0 Å². The molecule has 0 aliphatic heterocycles. The van der Waals surface area contributed by atoms with Gasteiger partial charge < -0.3 is 15.0 Å². The molecule has 3 aromatic carbocycles. The number of rotatable bonds is 10. The van der Waals surface area contributed by atoms with Crippen LogP contribution in [0.1, 0.15) is 53.5 Å². The van der Waals surface area contributed by atoms with Crippen LogP contribution in [0.25, 0.3) is 0 Å². The number of nitrogens with zero attached hydrogens (tertiary/aromatic N) is 1. The van der Waals surface area contributed by atoms with Crippen LogP contribution in [0.2, 0.25) is 0 Å². The van der Waals surface area contributed by atoms with Crippen molar-refractivity contribution >= 4 is 11.8 Å². The zero-order valence-electron chi connectivity index (χ0n) is 22.2. The summed E-state index contributed by atoms with van der Waals surface area (Å²) in [5.74, 6) is 0.389. The molecule has 194 valence electrons. The molecule has 1 saturated carbocycles. The topological polar surface area (TPSA) is 58.6 Å². The van der Waals surface area contributed by atoms with Crippen molar-refractivity contribution in [2.45, 2.75) is 71.5 Å². The van der Waals surface area contributed by atoms with Gasteiger partial charge in [-0.25, -0.2) is 0 Å². The fraction of sp³-hybridized carbons (Fsp3) is 0.375. The first-order valence-electron chi connectivity index (χ1n) is 13.3. The lowest BCUT2D eigenvalue weighted by atomic mass is 10.0. The van der Waals surface area contributed by atoms with Gasteiger partial charge in [-0.15, -0.1) is 0 Å². The van der Waals surface area contributed by atoms with E-state index in [0.717, 1.165) is 53.5 Å². The second kappa shape index (κ2) is 12.6. The molecule has 4 rings (SSSR count). The average Bonchev–Trinajstić information content (AvgIpc) is 3.40. The lowest BCUT2D eigenvalue weighted by molar-refractivity contribution is -0.143. The molecule has 1 aliphatic carbocycles. The largest absolute Gasteiger partial charge is 0.483 e. The third-order valence-corrected chi connectivity index (χ3v) is 7.26. The second-order valence-electron chi connectivity index (χ2n) is 10.2. The van der Waals surface area contributed by atoms with E-state index in [1.54, 1.807) is 4.90 Å². The number of hydrogen-bond acceptors (Lipinski definition) is 3. The molecule has 0 bridgehead atoms. The van der Waals surface area contributed by atoms with Crippen molar-refractivity contribution < 1.29 is 14.3 Å². The van der Waals surface area contributed by atoms with Gasteiger partial charge in [-0.2, -0.15) is 0 Å². The molecule has 5 nitrogen and oxygen atoms in total. The van der Waals surface area contributed by atoms with Gasteiger partial charge in [0, 0.05) is 19.0 Å². The quantitative estimate of drug-likeness (QED) is 0.391. The average molecular weight is 499 g/mol. The van der Waals surface area contributed by atoms with E-state index < -0.39 is 6.04 Å². The first-order chi connectivity index (χ1) is 17.9. The molecule has 1 atom stereocenters. The maximum Gasteiger partial charge on any atom is 0.261 e. The van der Waals surface area contributed by atoms with Crippen molar-refractivity contribution in [3.63, 3.8) is 0 Å². The normalized spacial score (nSPS) is 14.2. The number of hydrogen-bond donors (Lipinski definition) is 1. The van der Waals surface area contributed by atoms with Crippen molar-refractivity contribution in [3.8, 4) is 5.75 Å². The Labute approximate surface area is 220 Å². The van der Waals surface area contributed by atoms with E-state index in [4.69, 9.17) is 4.74 Å². The van der Waals surface area contributed by atoms with Gasteiger partial charge in [0.2, 0.25) is 5.91 Å². The zero-order chi connectivity index (χ0) is 26.2. The summed E-state index contributed by atoms with van der Waals surface area (Å²) in [6.45, 7) is 6.26. The summed E-state index contributed by atoms with van der Waals surface area (Å²) in [6, 6.07) is 23.4. The smallest absolute Gasteiger partial charge is 0.261 e. The molecule has 5 heteroatoms. The molecule has 0 spiro atoms. The summed E-state index contributed by atoms with van der Waals surface area (Å²) in [5.41, 5.74) is 5.26. The summed E-state index contributed by atoms with van der Waals surface area (Å²) in [5, 5.41) is 3.25. The fourth-order valence-corrected chi connectivity index (χ4v) is 5.08. The predicted octanol–water partition coefficient (Wildman–Crippen LogP) is 5.69. The van der Waals surface area contributed by atoms with Crippen LogP contribution in [0.15, 0.2) is 72.8 Å². The molecule has 3 aromatic rings. The minimum absolute atomic E-state index is 0.0933. The summed E-state index contributed by atoms with van der Waals surface area (Å²) in [4.78, 5) is 29.3. The predicted molar refractivity (Wildman–Crippen MR) is 147 cm³/mol. The summed E-state index contributed by atoms with van der Waals surface area (Å²) in [6.07, 6.45) is 4.69. The number of benzene rings is 3. The van der Waals surface area contributed by atoms with E-state index in [1.807, 2.05) is 93.6 Å². The Hall–Kier alpha value is -3.60. The monoisotopic (exact) mass is 498 g/mol. The third-order valence-electron chi connectivity index (χ3n) is 7.26. The van der Waals surface area contributed by atoms with Crippen LogP contribution < -0.4 is 10.1 Å². The molecule has 1 aliphatic rings. The molecule has 0 heterocycles.